The summed E-state index contributed by atoms with van der Waals surface area (Å²) in [6.45, 7) is 4.12. The first-order valence-electron chi connectivity index (χ1n) is 9.93. The molecule has 0 saturated carbocycles. The number of rotatable bonds is 8. The van der Waals surface area contributed by atoms with Gasteiger partial charge in [0.15, 0.2) is 0 Å². The van der Waals surface area contributed by atoms with E-state index in [4.69, 9.17) is 5.11 Å². The quantitative estimate of drug-likeness (QED) is 0.505. The maximum Gasteiger partial charge on any atom is 0.305 e. The number of benzene rings is 2. The monoisotopic (exact) mass is 411 g/mol. The number of halogens is 1. The molecule has 0 bridgehead atoms. The molecule has 3 N–H and O–H groups in total. The number of carboxylic acid groups (broad SMARTS) is 1. The molecule has 1 unspecified atom stereocenters. The van der Waals surface area contributed by atoms with Gasteiger partial charge in [0.2, 0.25) is 0 Å². The fraction of sp³-hybridized carbons (Fsp3) is 0.292. The van der Waals surface area contributed by atoms with Crippen molar-refractivity contribution in [3.63, 3.8) is 0 Å². The molecule has 5 nitrogen and oxygen atoms in total. The maximum atomic E-state index is 13.5. The SMILES string of the molecule is CC(C)n1c(C=C[C@@H](O)CC(O)CC(=O)O)c(-c2ccc(F)cc2)c2ccccc21. The van der Waals surface area contributed by atoms with E-state index in [2.05, 4.69) is 18.4 Å². The van der Waals surface area contributed by atoms with Crippen molar-refractivity contribution < 1.29 is 24.5 Å². The molecule has 0 aliphatic rings. The van der Waals surface area contributed by atoms with Crippen LogP contribution >= 0.6 is 0 Å². The summed E-state index contributed by atoms with van der Waals surface area (Å²) in [6, 6.07) is 14.4. The Kier molecular flexibility index (Phi) is 6.70. The first kappa shape index (κ1) is 21.7. The van der Waals surface area contributed by atoms with Gasteiger partial charge in [0, 0.05) is 34.6 Å². The molecular formula is C24H26FNO4. The summed E-state index contributed by atoms with van der Waals surface area (Å²) in [7, 11) is 0. The number of para-hydroxylation sites is 1. The molecule has 1 heterocycles. The predicted molar refractivity (Wildman–Crippen MR) is 116 cm³/mol. The minimum atomic E-state index is -1.13. The second-order valence-corrected chi connectivity index (χ2v) is 7.66. The van der Waals surface area contributed by atoms with Crippen LogP contribution in [-0.2, 0) is 4.79 Å². The molecule has 3 aromatic rings. The van der Waals surface area contributed by atoms with E-state index >= 15 is 0 Å². The van der Waals surface area contributed by atoms with Crippen LogP contribution in [0.4, 0.5) is 4.39 Å². The van der Waals surface area contributed by atoms with Crippen LogP contribution in [0.1, 0.15) is 38.4 Å². The molecule has 2 atom stereocenters. The van der Waals surface area contributed by atoms with Gasteiger partial charge in [-0.15, -0.1) is 0 Å². The molecule has 0 radical (unpaired) electrons. The number of hydrogen-bond acceptors (Lipinski definition) is 3. The predicted octanol–water partition coefficient (Wildman–Crippen LogP) is 4.63. The van der Waals surface area contributed by atoms with E-state index in [1.807, 2.05) is 24.3 Å². The lowest BCUT2D eigenvalue weighted by Gasteiger charge is -2.15. The van der Waals surface area contributed by atoms with Gasteiger partial charge in [-0.2, -0.15) is 0 Å². The van der Waals surface area contributed by atoms with Gasteiger partial charge in [-0.3, -0.25) is 4.79 Å². The molecule has 1 aromatic heterocycles. The topological polar surface area (TPSA) is 82.7 Å². The van der Waals surface area contributed by atoms with Crippen molar-refractivity contribution in [2.75, 3.05) is 0 Å². The third kappa shape index (κ3) is 4.78. The van der Waals surface area contributed by atoms with Crippen LogP contribution < -0.4 is 0 Å². The van der Waals surface area contributed by atoms with Crippen molar-refractivity contribution in [2.24, 2.45) is 0 Å². The van der Waals surface area contributed by atoms with Crippen LogP contribution in [0.5, 0.6) is 0 Å². The molecule has 0 spiro atoms. The summed E-state index contributed by atoms with van der Waals surface area (Å²) in [4.78, 5) is 10.7. The molecule has 30 heavy (non-hydrogen) atoms. The molecule has 0 aliphatic carbocycles. The van der Waals surface area contributed by atoms with Crippen molar-refractivity contribution >= 4 is 22.9 Å². The zero-order valence-corrected chi connectivity index (χ0v) is 17.0. The van der Waals surface area contributed by atoms with E-state index in [9.17, 15) is 19.4 Å². The van der Waals surface area contributed by atoms with Crippen LogP contribution in [0.25, 0.3) is 28.1 Å². The van der Waals surface area contributed by atoms with Gasteiger partial charge in [0.25, 0.3) is 0 Å². The smallest absolute Gasteiger partial charge is 0.305 e. The Balaban J connectivity index is 2.08. The summed E-state index contributed by atoms with van der Waals surface area (Å²) in [6.07, 6.45) is 0.727. The Bertz CT molecular complexity index is 1050. The van der Waals surface area contributed by atoms with Crippen molar-refractivity contribution in [3.8, 4) is 11.1 Å². The average Bonchev–Trinajstić information content (AvgIpc) is 3.00. The second kappa shape index (κ2) is 9.24. The first-order chi connectivity index (χ1) is 14.3. The van der Waals surface area contributed by atoms with Gasteiger partial charge in [-0.1, -0.05) is 36.4 Å². The lowest BCUT2D eigenvalue weighted by atomic mass is 10.0. The third-order valence-electron chi connectivity index (χ3n) is 5.00. The Labute approximate surface area is 174 Å². The number of aliphatic hydroxyl groups excluding tert-OH is 2. The van der Waals surface area contributed by atoms with Gasteiger partial charge >= 0.3 is 5.97 Å². The zero-order valence-electron chi connectivity index (χ0n) is 17.0. The second-order valence-electron chi connectivity index (χ2n) is 7.66. The normalized spacial score (nSPS) is 13.9. The fourth-order valence-electron chi connectivity index (χ4n) is 3.77. The van der Waals surface area contributed by atoms with Gasteiger partial charge in [-0.25, -0.2) is 4.39 Å². The fourth-order valence-corrected chi connectivity index (χ4v) is 3.77. The zero-order chi connectivity index (χ0) is 21.8. The van der Waals surface area contributed by atoms with Crippen molar-refractivity contribution in [1.82, 2.24) is 4.57 Å². The summed E-state index contributed by atoms with van der Waals surface area (Å²) < 4.78 is 15.6. The Morgan fingerprint density at radius 1 is 1.10 bits per heavy atom. The van der Waals surface area contributed by atoms with E-state index < -0.39 is 24.6 Å². The van der Waals surface area contributed by atoms with Crippen LogP contribution in [0.2, 0.25) is 0 Å². The molecule has 3 rings (SSSR count). The number of aromatic nitrogens is 1. The van der Waals surface area contributed by atoms with Crippen LogP contribution in [0.3, 0.4) is 0 Å². The number of hydrogen-bond donors (Lipinski definition) is 3. The van der Waals surface area contributed by atoms with Crippen LogP contribution in [0.15, 0.2) is 54.6 Å². The van der Waals surface area contributed by atoms with Gasteiger partial charge < -0.3 is 19.9 Å². The summed E-state index contributed by atoms with van der Waals surface area (Å²) in [5, 5.41) is 29.9. The lowest BCUT2D eigenvalue weighted by Crippen LogP contribution is -2.19. The van der Waals surface area contributed by atoms with E-state index in [1.165, 1.54) is 12.1 Å². The van der Waals surface area contributed by atoms with Crippen LogP contribution in [0, 0.1) is 5.82 Å². The highest BCUT2D eigenvalue weighted by molar-refractivity contribution is 6.01. The molecule has 0 fully saturated rings. The Morgan fingerprint density at radius 3 is 2.40 bits per heavy atom. The molecule has 158 valence electrons. The number of carbonyl (C=O) groups is 1. The lowest BCUT2D eigenvalue weighted by molar-refractivity contribution is -0.139. The largest absolute Gasteiger partial charge is 0.481 e. The Hall–Kier alpha value is -2.96. The highest BCUT2D eigenvalue weighted by Crippen LogP contribution is 2.38. The number of aliphatic hydroxyl groups is 2. The van der Waals surface area contributed by atoms with Crippen molar-refractivity contribution in [1.29, 1.82) is 0 Å². The van der Waals surface area contributed by atoms with E-state index in [-0.39, 0.29) is 18.3 Å². The average molecular weight is 411 g/mol. The minimum absolute atomic E-state index is 0.0728. The Morgan fingerprint density at radius 2 is 1.77 bits per heavy atom. The van der Waals surface area contributed by atoms with Crippen molar-refractivity contribution in [3.05, 3.63) is 66.1 Å². The molecule has 0 aliphatic heterocycles. The highest BCUT2D eigenvalue weighted by Gasteiger charge is 2.19. The summed E-state index contributed by atoms with van der Waals surface area (Å²) >= 11 is 0. The van der Waals surface area contributed by atoms with Gasteiger partial charge in [0.05, 0.1) is 18.6 Å². The molecule has 0 amide bonds. The molecule has 6 heteroatoms. The molecule has 2 aromatic carbocycles. The van der Waals surface area contributed by atoms with E-state index in [0.29, 0.717) is 0 Å². The molecule has 0 saturated heterocycles. The van der Waals surface area contributed by atoms with Crippen LogP contribution in [-0.4, -0.2) is 38.1 Å². The number of nitrogens with zero attached hydrogens (tertiary/aromatic N) is 1. The van der Waals surface area contributed by atoms with E-state index in [1.54, 1.807) is 24.3 Å². The highest BCUT2D eigenvalue weighted by atomic mass is 19.1. The van der Waals surface area contributed by atoms with Gasteiger partial charge in [0.1, 0.15) is 5.82 Å². The minimum Gasteiger partial charge on any atom is -0.481 e. The summed E-state index contributed by atoms with van der Waals surface area (Å²) in [5.74, 6) is -1.43. The number of fused-ring (bicyclic) bond motifs is 1. The standard InChI is InChI=1S/C24H26FNO4/c1-15(2)26-21-6-4-3-5-20(21)24(16-7-9-17(25)10-8-16)22(26)12-11-18(27)13-19(28)14-23(29)30/h3-12,15,18-19,27-28H,13-14H2,1-2H3,(H,29,30)/t18-,19?/m1/s1. The molecular weight excluding hydrogens is 385 g/mol. The number of carboxylic acids is 1. The van der Waals surface area contributed by atoms with Crippen molar-refractivity contribution in [2.45, 2.75) is 44.9 Å². The summed E-state index contributed by atoms with van der Waals surface area (Å²) in [5.41, 5.74) is 3.65. The van der Waals surface area contributed by atoms with E-state index in [0.717, 1.165) is 27.7 Å². The van der Waals surface area contributed by atoms with Gasteiger partial charge in [-0.05, 0) is 43.7 Å². The third-order valence-corrected chi connectivity index (χ3v) is 5.00. The maximum absolute atomic E-state index is 13.5. The first-order valence-corrected chi connectivity index (χ1v) is 9.93. The number of aliphatic carboxylic acids is 1.